The Bertz CT molecular complexity index is 962. The Hall–Kier alpha value is -2.75. The van der Waals surface area contributed by atoms with Gasteiger partial charge in [0.1, 0.15) is 0 Å². The van der Waals surface area contributed by atoms with Gasteiger partial charge in [-0.2, -0.15) is 0 Å². The van der Waals surface area contributed by atoms with Crippen molar-refractivity contribution in [1.29, 1.82) is 0 Å². The molecule has 4 heteroatoms. The van der Waals surface area contributed by atoms with E-state index in [0.29, 0.717) is 6.04 Å². The maximum absolute atomic E-state index is 13.4. The molecule has 1 aliphatic carbocycles. The molecule has 3 aromatic rings. The van der Waals surface area contributed by atoms with Gasteiger partial charge in [-0.3, -0.25) is 9.78 Å². The molecule has 138 valence electrons. The van der Waals surface area contributed by atoms with E-state index in [2.05, 4.69) is 4.98 Å². The first-order valence-corrected chi connectivity index (χ1v) is 9.73. The molecule has 2 aromatic heterocycles. The Morgan fingerprint density at radius 2 is 1.93 bits per heavy atom. The van der Waals surface area contributed by atoms with Gasteiger partial charge in [0.25, 0.3) is 5.91 Å². The minimum absolute atomic E-state index is 0.0880. The number of para-hydroxylation sites is 1. The highest BCUT2D eigenvalue weighted by molar-refractivity contribution is 6.07. The number of aryl methyl sites for hydroxylation is 1. The lowest BCUT2D eigenvalue weighted by atomic mass is 9.93. The average Bonchev–Trinajstić information content (AvgIpc) is 2.73. The van der Waals surface area contributed by atoms with Crippen LogP contribution in [0.2, 0.25) is 0 Å². The maximum atomic E-state index is 13.4. The topological polar surface area (TPSA) is 46.1 Å². The second kappa shape index (κ2) is 7.47. The fraction of sp³-hybridized carbons (Fsp3) is 0.348. The number of nitrogens with zero attached hydrogens (tertiary/aromatic N) is 3. The first-order valence-electron chi connectivity index (χ1n) is 9.73. The van der Waals surface area contributed by atoms with E-state index in [1.54, 1.807) is 12.4 Å². The summed E-state index contributed by atoms with van der Waals surface area (Å²) in [5.74, 6) is 0.0880. The molecular weight excluding hydrogens is 334 g/mol. The molecule has 0 spiro atoms. The van der Waals surface area contributed by atoms with Crippen molar-refractivity contribution in [2.75, 3.05) is 7.05 Å². The van der Waals surface area contributed by atoms with Crippen LogP contribution in [0.3, 0.4) is 0 Å². The molecule has 0 unspecified atom stereocenters. The third-order valence-corrected chi connectivity index (χ3v) is 5.67. The first kappa shape index (κ1) is 17.7. The molecule has 0 atom stereocenters. The number of carbonyl (C=O) groups is 1. The van der Waals surface area contributed by atoms with E-state index in [1.165, 1.54) is 19.3 Å². The Kier molecular flexibility index (Phi) is 4.88. The molecular formula is C23H25N3O. The molecule has 1 fully saturated rings. The summed E-state index contributed by atoms with van der Waals surface area (Å²) >= 11 is 0. The van der Waals surface area contributed by atoms with E-state index in [0.717, 1.165) is 46.1 Å². The number of hydrogen-bond acceptors (Lipinski definition) is 3. The zero-order valence-electron chi connectivity index (χ0n) is 16.0. The average molecular weight is 359 g/mol. The highest BCUT2D eigenvalue weighted by Gasteiger charge is 2.25. The van der Waals surface area contributed by atoms with Crippen LogP contribution in [0.1, 0.15) is 48.0 Å². The van der Waals surface area contributed by atoms with Crippen molar-refractivity contribution < 1.29 is 4.79 Å². The summed E-state index contributed by atoms with van der Waals surface area (Å²) in [5.41, 5.74) is 4.42. The van der Waals surface area contributed by atoms with Crippen molar-refractivity contribution in [2.24, 2.45) is 0 Å². The smallest absolute Gasteiger partial charge is 0.254 e. The fourth-order valence-corrected chi connectivity index (χ4v) is 4.06. The second-order valence-corrected chi connectivity index (χ2v) is 7.48. The van der Waals surface area contributed by atoms with Crippen molar-refractivity contribution in [3.05, 3.63) is 59.9 Å². The van der Waals surface area contributed by atoms with Gasteiger partial charge in [-0.25, -0.2) is 4.98 Å². The molecule has 0 radical (unpaired) electrons. The zero-order valence-corrected chi connectivity index (χ0v) is 16.0. The third-order valence-electron chi connectivity index (χ3n) is 5.67. The fourth-order valence-electron chi connectivity index (χ4n) is 4.06. The highest BCUT2D eigenvalue weighted by atomic mass is 16.2. The quantitative estimate of drug-likeness (QED) is 0.660. The Balaban J connectivity index is 1.83. The van der Waals surface area contributed by atoms with Crippen LogP contribution in [0.15, 0.2) is 48.8 Å². The molecule has 4 rings (SSSR count). The summed E-state index contributed by atoms with van der Waals surface area (Å²) in [5, 5.41) is 0.926. The molecule has 27 heavy (non-hydrogen) atoms. The van der Waals surface area contributed by atoms with Crippen molar-refractivity contribution in [2.45, 2.75) is 45.1 Å². The SMILES string of the molecule is Cc1cccc2c(C(=O)N(C)C3CCCCC3)cc(-c3cccnc3)nc12. The molecule has 0 bridgehead atoms. The van der Waals surface area contributed by atoms with Crippen LogP contribution in [0.4, 0.5) is 0 Å². The molecule has 0 N–H and O–H groups in total. The number of pyridine rings is 2. The van der Waals surface area contributed by atoms with E-state index >= 15 is 0 Å². The van der Waals surface area contributed by atoms with E-state index < -0.39 is 0 Å². The molecule has 0 saturated heterocycles. The highest BCUT2D eigenvalue weighted by Crippen LogP contribution is 2.29. The van der Waals surface area contributed by atoms with Gasteiger partial charge in [-0.05, 0) is 43.5 Å². The molecule has 0 aliphatic heterocycles. The Morgan fingerprint density at radius 1 is 1.11 bits per heavy atom. The lowest BCUT2D eigenvalue weighted by Crippen LogP contribution is -2.38. The van der Waals surface area contributed by atoms with Crippen LogP contribution in [0, 0.1) is 6.92 Å². The van der Waals surface area contributed by atoms with Crippen LogP contribution in [-0.4, -0.2) is 33.9 Å². The summed E-state index contributed by atoms with van der Waals surface area (Å²) in [6.07, 6.45) is 9.43. The van der Waals surface area contributed by atoms with Crippen molar-refractivity contribution in [3.63, 3.8) is 0 Å². The summed E-state index contributed by atoms with van der Waals surface area (Å²) in [7, 11) is 1.95. The number of carbonyl (C=O) groups excluding carboxylic acids is 1. The monoisotopic (exact) mass is 359 g/mol. The lowest BCUT2D eigenvalue weighted by Gasteiger charge is -2.31. The van der Waals surface area contributed by atoms with Gasteiger partial charge in [-0.1, -0.05) is 37.5 Å². The van der Waals surface area contributed by atoms with Crippen LogP contribution in [-0.2, 0) is 0 Å². The lowest BCUT2D eigenvalue weighted by molar-refractivity contribution is 0.0698. The van der Waals surface area contributed by atoms with Gasteiger partial charge in [0.15, 0.2) is 0 Å². The summed E-state index contributed by atoms with van der Waals surface area (Å²) in [6, 6.07) is 12.2. The standard InChI is InChI=1S/C23H25N3O/c1-16-8-6-12-19-20(23(27)26(2)18-10-4-3-5-11-18)14-21(25-22(16)19)17-9-7-13-24-15-17/h6-9,12-15,18H,3-5,10-11H2,1-2H3. The summed E-state index contributed by atoms with van der Waals surface area (Å²) < 4.78 is 0. The number of amides is 1. The Morgan fingerprint density at radius 3 is 2.67 bits per heavy atom. The number of rotatable bonds is 3. The molecule has 2 heterocycles. The zero-order chi connectivity index (χ0) is 18.8. The van der Waals surface area contributed by atoms with E-state index in [1.807, 2.05) is 55.3 Å². The van der Waals surface area contributed by atoms with E-state index in [4.69, 9.17) is 4.98 Å². The van der Waals surface area contributed by atoms with Gasteiger partial charge in [0, 0.05) is 36.4 Å². The first-order chi connectivity index (χ1) is 13.1. The predicted octanol–water partition coefficient (Wildman–Crippen LogP) is 5.01. The van der Waals surface area contributed by atoms with Crippen LogP contribution in [0.5, 0.6) is 0 Å². The van der Waals surface area contributed by atoms with Crippen LogP contribution >= 0.6 is 0 Å². The minimum atomic E-state index is 0.0880. The predicted molar refractivity (Wildman–Crippen MR) is 109 cm³/mol. The van der Waals surface area contributed by atoms with Gasteiger partial charge in [0.05, 0.1) is 16.8 Å². The van der Waals surface area contributed by atoms with Crippen LogP contribution in [0.25, 0.3) is 22.2 Å². The molecule has 1 aromatic carbocycles. The van der Waals surface area contributed by atoms with Crippen molar-refractivity contribution in [3.8, 4) is 11.3 Å². The number of aromatic nitrogens is 2. The number of fused-ring (bicyclic) bond motifs is 1. The number of benzene rings is 1. The summed E-state index contributed by atoms with van der Waals surface area (Å²) in [4.78, 5) is 24.4. The van der Waals surface area contributed by atoms with Crippen LogP contribution < -0.4 is 0 Å². The van der Waals surface area contributed by atoms with Crippen molar-refractivity contribution in [1.82, 2.24) is 14.9 Å². The number of hydrogen-bond donors (Lipinski definition) is 0. The minimum Gasteiger partial charge on any atom is -0.339 e. The second-order valence-electron chi connectivity index (χ2n) is 7.48. The summed E-state index contributed by atoms with van der Waals surface area (Å²) in [6.45, 7) is 2.04. The molecule has 1 aliphatic rings. The largest absolute Gasteiger partial charge is 0.339 e. The molecule has 4 nitrogen and oxygen atoms in total. The maximum Gasteiger partial charge on any atom is 0.254 e. The van der Waals surface area contributed by atoms with Crippen molar-refractivity contribution >= 4 is 16.8 Å². The Labute approximate surface area is 160 Å². The third kappa shape index (κ3) is 3.44. The van der Waals surface area contributed by atoms with Gasteiger partial charge in [-0.15, -0.1) is 0 Å². The van der Waals surface area contributed by atoms with E-state index in [-0.39, 0.29) is 5.91 Å². The van der Waals surface area contributed by atoms with Gasteiger partial charge in [0.2, 0.25) is 0 Å². The van der Waals surface area contributed by atoms with Gasteiger partial charge < -0.3 is 4.90 Å². The molecule has 1 amide bonds. The van der Waals surface area contributed by atoms with Gasteiger partial charge >= 0.3 is 0 Å². The molecule has 1 saturated carbocycles. The van der Waals surface area contributed by atoms with E-state index in [9.17, 15) is 4.79 Å². The normalized spacial score (nSPS) is 15.0.